The van der Waals surface area contributed by atoms with Crippen molar-refractivity contribution in [3.63, 3.8) is 0 Å². The Balaban J connectivity index is 2.79. The van der Waals surface area contributed by atoms with Crippen molar-refractivity contribution in [1.82, 2.24) is 9.97 Å². The lowest BCUT2D eigenvalue weighted by Gasteiger charge is -2.25. The van der Waals surface area contributed by atoms with E-state index in [-0.39, 0.29) is 18.6 Å². The van der Waals surface area contributed by atoms with Gasteiger partial charge in [-0.15, -0.1) is 0 Å². The van der Waals surface area contributed by atoms with Gasteiger partial charge in [-0.3, -0.25) is 4.79 Å². The zero-order chi connectivity index (χ0) is 12.8. The van der Waals surface area contributed by atoms with E-state index in [0.29, 0.717) is 12.6 Å². The molecule has 17 heavy (non-hydrogen) atoms. The molecular weight excluding hydrogens is 225 g/mol. The first kappa shape index (κ1) is 13.3. The van der Waals surface area contributed by atoms with Gasteiger partial charge in [0.15, 0.2) is 5.82 Å². The van der Waals surface area contributed by atoms with Gasteiger partial charge >= 0.3 is 5.97 Å². The zero-order valence-electron chi connectivity index (χ0n) is 10.2. The minimum atomic E-state index is -0.506. The third kappa shape index (κ3) is 3.97. The number of nitrogens with zero attached hydrogens (tertiary/aromatic N) is 3. The summed E-state index contributed by atoms with van der Waals surface area (Å²) in [5, 5.41) is 0. The molecule has 0 unspecified atom stereocenters. The van der Waals surface area contributed by atoms with Crippen LogP contribution in [-0.2, 0) is 9.53 Å². The number of carbonyl (C=O) groups is 1. The number of hydrogen-bond donors (Lipinski definition) is 0. The van der Waals surface area contributed by atoms with Crippen LogP contribution in [0.4, 0.5) is 10.3 Å². The Kier molecular flexibility index (Phi) is 4.81. The average molecular weight is 241 g/mol. The summed E-state index contributed by atoms with van der Waals surface area (Å²) in [4.78, 5) is 20.7. The van der Waals surface area contributed by atoms with Gasteiger partial charge in [0.1, 0.15) is 6.54 Å². The van der Waals surface area contributed by atoms with E-state index < -0.39 is 5.82 Å². The monoisotopic (exact) mass is 241 g/mol. The minimum absolute atomic E-state index is 0.0184. The third-order valence-electron chi connectivity index (χ3n) is 2.09. The van der Waals surface area contributed by atoms with Crippen LogP contribution in [0, 0.1) is 5.82 Å². The molecule has 6 heteroatoms. The molecule has 0 atom stereocenters. The third-order valence-corrected chi connectivity index (χ3v) is 2.09. The normalized spacial score (nSPS) is 10.4. The minimum Gasteiger partial charge on any atom is -0.465 e. The first-order chi connectivity index (χ1) is 8.04. The quantitative estimate of drug-likeness (QED) is 0.729. The van der Waals surface area contributed by atoms with Crippen LogP contribution in [0.15, 0.2) is 12.4 Å². The Morgan fingerprint density at radius 3 is 2.53 bits per heavy atom. The van der Waals surface area contributed by atoms with Crippen molar-refractivity contribution in [2.75, 3.05) is 18.1 Å². The number of rotatable bonds is 5. The highest BCUT2D eigenvalue weighted by atomic mass is 19.1. The summed E-state index contributed by atoms with van der Waals surface area (Å²) in [6, 6.07) is 0.0184. The van der Waals surface area contributed by atoms with E-state index in [9.17, 15) is 9.18 Å². The van der Waals surface area contributed by atoms with Gasteiger partial charge in [-0.1, -0.05) is 0 Å². The van der Waals surface area contributed by atoms with Gasteiger partial charge < -0.3 is 9.64 Å². The molecule has 0 aliphatic carbocycles. The topological polar surface area (TPSA) is 55.3 Å². The van der Waals surface area contributed by atoms with Gasteiger partial charge in [0.05, 0.1) is 19.0 Å². The Bertz CT molecular complexity index is 367. The van der Waals surface area contributed by atoms with Crippen molar-refractivity contribution in [3.05, 3.63) is 18.2 Å². The summed E-state index contributed by atoms with van der Waals surface area (Å²) in [5.74, 6) is -0.544. The molecule has 1 aromatic heterocycles. The summed E-state index contributed by atoms with van der Waals surface area (Å²) >= 11 is 0. The highest BCUT2D eigenvalue weighted by Gasteiger charge is 2.17. The predicted octanol–water partition coefficient (Wildman–Crippen LogP) is 1.39. The number of carbonyl (C=O) groups excluding carboxylic acids is 1. The lowest BCUT2D eigenvalue weighted by molar-refractivity contribution is -0.141. The standard InChI is InChI=1S/C11H16FN3O2/c1-4-17-10(16)7-15(8(2)3)11-13-5-9(12)6-14-11/h5-6,8H,4,7H2,1-3H3. The second-order valence-electron chi connectivity index (χ2n) is 3.73. The molecule has 0 aromatic carbocycles. The van der Waals surface area contributed by atoms with Crippen molar-refractivity contribution < 1.29 is 13.9 Å². The van der Waals surface area contributed by atoms with E-state index in [1.807, 2.05) is 13.8 Å². The van der Waals surface area contributed by atoms with Crippen LogP contribution in [0.1, 0.15) is 20.8 Å². The van der Waals surface area contributed by atoms with Crippen molar-refractivity contribution in [1.29, 1.82) is 0 Å². The SMILES string of the molecule is CCOC(=O)CN(c1ncc(F)cn1)C(C)C. The van der Waals surface area contributed by atoms with Crippen LogP contribution in [-0.4, -0.2) is 35.1 Å². The lowest BCUT2D eigenvalue weighted by atomic mass is 10.3. The van der Waals surface area contributed by atoms with Crippen LogP contribution < -0.4 is 4.90 Å². The molecule has 0 aliphatic heterocycles. The molecule has 0 saturated carbocycles. The first-order valence-corrected chi connectivity index (χ1v) is 5.44. The molecule has 0 radical (unpaired) electrons. The maximum atomic E-state index is 12.7. The fourth-order valence-corrected chi connectivity index (χ4v) is 1.28. The molecule has 0 N–H and O–H groups in total. The number of hydrogen-bond acceptors (Lipinski definition) is 5. The fourth-order valence-electron chi connectivity index (χ4n) is 1.28. The second-order valence-corrected chi connectivity index (χ2v) is 3.73. The molecular formula is C11H16FN3O2. The summed E-state index contributed by atoms with van der Waals surface area (Å²) in [6.45, 7) is 5.91. The summed E-state index contributed by atoms with van der Waals surface area (Å²) in [6.07, 6.45) is 2.14. The van der Waals surface area contributed by atoms with Crippen molar-refractivity contribution in [2.45, 2.75) is 26.8 Å². The predicted molar refractivity (Wildman–Crippen MR) is 61.1 cm³/mol. The lowest BCUT2D eigenvalue weighted by Crippen LogP contribution is -2.37. The van der Waals surface area contributed by atoms with Crippen molar-refractivity contribution >= 4 is 11.9 Å². The largest absolute Gasteiger partial charge is 0.465 e. The molecule has 0 fully saturated rings. The fraction of sp³-hybridized carbons (Fsp3) is 0.545. The number of esters is 1. The maximum absolute atomic E-state index is 12.7. The molecule has 1 aromatic rings. The molecule has 1 heterocycles. The Labute approximate surface area is 99.6 Å². The van der Waals surface area contributed by atoms with Crippen LogP contribution in [0.5, 0.6) is 0 Å². The van der Waals surface area contributed by atoms with E-state index >= 15 is 0 Å². The highest BCUT2D eigenvalue weighted by Crippen LogP contribution is 2.10. The number of ether oxygens (including phenoxy) is 1. The Hall–Kier alpha value is -1.72. The number of aromatic nitrogens is 2. The molecule has 0 bridgehead atoms. The molecule has 1 rings (SSSR count). The van der Waals surface area contributed by atoms with Crippen LogP contribution in [0.3, 0.4) is 0 Å². The zero-order valence-corrected chi connectivity index (χ0v) is 10.2. The molecule has 94 valence electrons. The van der Waals surface area contributed by atoms with Crippen LogP contribution in [0.25, 0.3) is 0 Å². The Morgan fingerprint density at radius 1 is 1.47 bits per heavy atom. The van der Waals surface area contributed by atoms with E-state index in [1.54, 1.807) is 11.8 Å². The van der Waals surface area contributed by atoms with Gasteiger partial charge in [-0.25, -0.2) is 14.4 Å². The van der Waals surface area contributed by atoms with Gasteiger partial charge in [0.25, 0.3) is 0 Å². The second kappa shape index (κ2) is 6.12. The van der Waals surface area contributed by atoms with E-state index in [2.05, 4.69) is 9.97 Å². The van der Waals surface area contributed by atoms with E-state index in [1.165, 1.54) is 0 Å². The van der Waals surface area contributed by atoms with E-state index in [0.717, 1.165) is 12.4 Å². The maximum Gasteiger partial charge on any atom is 0.325 e. The average Bonchev–Trinajstić information content (AvgIpc) is 2.27. The molecule has 0 saturated heterocycles. The van der Waals surface area contributed by atoms with E-state index in [4.69, 9.17) is 4.74 Å². The van der Waals surface area contributed by atoms with Crippen molar-refractivity contribution in [3.8, 4) is 0 Å². The molecule has 0 spiro atoms. The summed E-state index contributed by atoms with van der Waals surface area (Å²) in [7, 11) is 0. The smallest absolute Gasteiger partial charge is 0.325 e. The van der Waals surface area contributed by atoms with Crippen LogP contribution in [0.2, 0.25) is 0 Å². The number of halogens is 1. The summed E-state index contributed by atoms with van der Waals surface area (Å²) in [5.41, 5.74) is 0. The molecule has 0 amide bonds. The van der Waals surface area contributed by atoms with Gasteiger partial charge in [-0.2, -0.15) is 0 Å². The molecule has 5 nitrogen and oxygen atoms in total. The van der Waals surface area contributed by atoms with Gasteiger partial charge in [-0.05, 0) is 20.8 Å². The van der Waals surface area contributed by atoms with Crippen molar-refractivity contribution in [2.24, 2.45) is 0 Å². The Morgan fingerprint density at radius 2 is 2.06 bits per heavy atom. The number of anilines is 1. The highest BCUT2D eigenvalue weighted by molar-refractivity contribution is 5.75. The van der Waals surface area contributed by atoms with Gasteiger partial charge in [0.2, 0.25) is 5.95 Å². The summed E-state index contributed by atoms with van der Waals surface area (Å²) < 4.78 is 17.6. The van der Waals surface area contributed by atoms with Crippen LogP contribution >= 0.6 is 0 Å². The van der Waals surface area contributed by atoms with Gasteiger partial charge in [0, 0.05) is 6.04 Å². The first-order valence-electron chi connectivity index (χ1n) is 5.44. The molecule has 0 aliphatic rings.